The Morgan fingerprint density at radius 1 is 1.47 bits per heavy atom. The SMILES string of the molecule is CNCc1cc(Cl)ccc1N(C)CC1CCCN1C. The summed E-state index contributed by atoms with van der Waals surface area (Å²) in [4.78, 5) is 4.82. The smallest absolute Gasteiger partial charge is 0.0410 e. The molecule has 3 nitrogen and oxygen atoms in total. The van der Waals surface area contributed by atoms with Crippen LogP contribution in [0.3, 0.4) is 0 Å². The fourth-order valence-corrected chi connectivity index (χ4v) is 3.08. The van der Waals surface area contributed by atoms with E-state index in [1.807, 2.05) is 13.1 Å². The van der Waals surface area contributed by atoms with Gasteiger partial charge in [-0.05, 0) is 57.2 Å². The molecular weight excluding hydrogens is 258 g/mol. The number of rotatable bonds is 5. The number of hydrogen-bond acceptors (Lipinski definition) is 3. The molecule has 1 heterocycles. The summed E-state index contributed by atoms with van der Waals surface area (Å²) >= 11 is 6.10. The minimum absolute atomic E-state index is 0.670. The predicted molar refractivity (Wildman–Crippen MR) is 83.1 cm³/mol. The van der Waals surface area contributed by atoms with Crippen molar-refractivity contribution in [1.82, 2.24) is 10.2 Å². The lowest BCUT2D eigenvalue weighted by molar-refractivity contribution is 0.314. The minimum atomic E-state index is 0.670. The van der Waals surface area contributed by atoms with Gasteiger partial charge in [0.2, 0.25) is 0 Å². The molecule has 1 saturated heterocycles. The molecule has 0 aromatic heterocycles. The zero-order valence-electron chi connectivity index (χ0n) is 12.1. The van der Waals surface area contributed by atoms with Crippen LogP contribution < -0.4 is 10.2 Å². The Balaban J connectivity index is 2.11. The average molecular weight is 282 g/mol. The number of halogens is 1. The molecule has 1 aromatic rings. The summed E-state index contributed by atoms with van der Waals surface area (Å²) in [5, 5.41) is 4.02. The standard InChI is InChI=1S/C15H24ClN3/c1-17-10-12-9-13(16)6-7-15(12)19(3)11-14-5-4-8-18(14)2/h6-7,9,14,17H,4-5,8,10-11H2,1-3H3. The van der Waals surface area contributed by atoms with Crippen molar-refractivity contribution in [2.75, 3.05) is 39.1 Å². The van der Waals surface area contributed by atoms with Crippen molar-refractivity contribution < 1.29 is 0 Å². The fourth-order valence-electron chi connectivity index (χ4n) is 2.88. The zero-order valence-corrected chi connectivity index (χ0v) is 12.9. The van der Waals surface area contributed by atoms with Crippen molar-refractivity contribution in [3.8, 4) is 0 Å². The number of benzene rings is 1. The van der Waals surface area contributed by atoms with E-state index in [-0.39, 0.29) is 0 Å². The molecule has 2 rings (SSSR count). The summed E-state index contributed by atoms with van der Waals surface area (Å²) in [6.45, 7) is 3.15. The van der Waals surface area contributed by atoms with Gasteiger partial charge in [-0.15, -0.1) is 0 Å². The monoisotopic (exact) mass is 281 g/mol. The fraction of sp³-hybridized carbons (Fsp3) is 0.600. The van der Waals surface area contributed by atoms with Gasteiger partial charge in [-0.25, -0.2) is 0 Å². The minimum Gasteiger partial charge on any atom is -0.373 e. The lowest BCUT2D eigenvalue weighted by atomic mass is 10.1. The average Bonchev–Trinajstić information content (AvgIpc) is 2.75. The topological polar surface area (TPSA) is 18.5 Å². The van der Waals surface area contributed by atoms with E-state index in [0.29, 0.717) is 6.04 Å². The van der Waals surface area contributed by atoms with Gasteiger partial charge in [0.05, 0.1) is 0 Å². The van der Waals surface area contributed by atoms with Crippen LogP contribution in [0.25, 0.3) is 0 Å². The van der Waals surface area contributed by atoms with Gasteiger partial charge < -0.3 is 15.1 Å². The summed E-state index contributed by atoms with van der Waals surface area (Å²) in [7, 11) is 6.37. The molecule has 19 heavy (non-hydrogen) atoms. The third-order valence-corrected chi connectivity index (χ3v) is 4.21. The summed E-state index contributed by atoms with van der Waals surface area (Å²) < 4.78 is 0. The second kappa shape index (κ2) is 6.60. The first-order valence-corrected chi connectivity index (χ1v) is 7.34. The van der Waals surface area contributed by atoms with Crippen LogP contribution in [0.2, 0.25) is 5.02 Å². The van der Waals surface area contributed by atoms with Crippen molar-refractivity contribution in [2.45, 2.75) is 25.4 Å². The Labute approximate surface area is 121 Å². The van der Waals surface area contributed by atoms with Crippen molar-refractivity contribution in [2.24, 2.45) is 0 Å². The summed E-state index contributed by atoms with van der Waals surface area (Å²) in [5.41, 5.74) is 2.54. The van der Waals surface area contributed by atoms with Crippen LogP contribution in [0.15, 0.2) is 18.2 Å². The van der Waals surface area contributed by atoms with E-state index < -0.39 is 0 Å². The van der Waals surface area contributed by atoms with E-state index in [4.69, 9.17) is 11.6 Å². The molecule has 106 valence electrons. The summed E-state index contributed by atoms with van der Waals surface area (Å²) in [6.07, 6.45) is 2.62. The second-order valence-corrected chi connectivity index (χ2v) is 5.90. The van der Waals surface area contributed by atoms with Crippen LogP contribution in [0.1, 0.15) is 18.4 Å². The number of anilines is 1. The van der Waals surface area contributed by atoms with Gasteiger partial charge >= 0.3 is 0 Å². The maximum Gasteiger partial charge on any atom is 0.0410 e. The van der Waals surface area contributed by atoms with Crippen LogP contribution in [0, 0.1) is 0 Å². The van der Waals surface area contributed by atoms with Gasteiger partial charge in [0, 0.05) is 36.9 Å². The van der Waals surface area contributed by atoms with Gasteiger partial charge in [-0.3, -0.25) is 0 Å². The first-order valence-electron chi connectivity index (χ1n) is 6.96. The highest BCUT2D eigenvalue weighted by Gasteiger charge is 2.22. The molecule has 0 aliphatic carbocycles. The van der Waals surface area contributed by atoms with Crippen molar-refractivity contribution in [3.05, 3.63) is 28.8 Å². The molecular formula is C15H24ClN3. The van der Waals surface area contributed by atoms with Gasteiger partial charge in [0.1, 0.15) is 0 Å². The third-order valence-electron chi connectivity index (χ3n) is 3.98. The molecule has 0 spiro atoms. The van der Waals surface area contributed by atoms with Gasteiger partial charge in [-0.2, -0.15) is 0 Å². The first kappa shape index (κ1) is 14.6. The van der Waals surface area contributed by atoms with Crippen LogP contribution in [0.5, 0.6) is 0 Å². The van der Waals surface area contributed by atoms with Crippen LogP contribution >= 0.6 is 11.6 Å². The Bertz CT molecular complexity index is 422. The van der Waals surface area contributed by atoms with E-state index in [0.717, 1.165) is 18.1 Å². The van der Waals surface area contributed by atoms with E-state index >= 15 is 0 Å². The van der Waals surface area contributed by atoms with Crippen molar-refractivity contribution >= 4 is 17.3 Å². The predicted octanol–water partition coefficient (Wildman–Crippen LogP) is 2.59. The van der Waals surface area contributed by atoms with Gasteiger partial charge in [0.15, 0.2) is 0 Å². The number of likely N-dealkylation sites (N-methyl/N-ethyl adjacent to an activating group) is 2. The van der Waals surface area contributed by atoms with E-state index in [9.17, 15) is 0 Å². The highest BCUT2D eigenvalue weighted by atomic mass is 35.5. The highest BCUT2D eigenvalue weighted by molar-refractivity contribution is 6.30. The second-order valence-electron chi connectivity index (χ2n) is 5.46. The Morgan fingerprint density at radius 3 is 2.89 bits per heavy atom. The van der Waals surface area contributed by atoms with Gasteiger partial charge in [-0.1, -0.05) is 11.6 Å². The van der Waals surface area contributed by atoms with Crippen LogP contribution in [-0.2, 0) is 6.54 Å². The maximum atomic E-state index is 6.10. The highest BCUT2D eigenvalue weighted by Crippen LogP contribution is 2.25. The molecule has 1 aliphatic heterocycles. The number of nitrogens with zero attached hydrogens (tertiary/aromatic N) is 2. The molecule has 1 aliphatic rings. The van der Waals surface area contributed by atoms with E-state index in [2.05, 4.69) is 41.3 Å². The van der Waals surface area contributed by atoms with E-state index in [1.54, 1.807) is 0 Å². The number of likely N-dealkylation sites (tertiary alicyclic amines) is 1. The summed E-state index contributed by atoms with van der Waals surface area (Å²) in [6, 6.07) is 6.83. The Hall–Kier alpha value is -0.770. The van der Waals surface area contributed by atoms with Crippen LogP contribution in [0.4, 0.5) is 5.69 Å². The molecule has 0 amide bonds. The van der Waals surface area contributed by atoms with Crippen LogP contribution in [-0.4, -0.2) is 45.2 Å². The van der Waals surface area contributed by atoms with Gasteiger partial charge in [0.25, 0.3) is 0 Å². The van der Waals surface area contributed by atoms with E-state index in [1.165, 1.54) is 30.6 Å². The Kier molecular flexibility index (Phi) is 5.08. The third kappa shape index (κ3) is 3.62. The molecule has 0 bridgehead atoms. The largest absolute Gasteiger partial charge is 0.373 e. The number of hydrogen-bond donors (Lipinski definition) is 1. The van der Waals surface area contributed by atoms with Crippen molar-refractivity contribution in [1.29, 1.82) is 0 Å². The molecule has 1 unspecified atom stereocenters. The molecule has 1 N–H and O–H groups in total. The molecule has 0 radical (unpaired) electrons. The quantitative estimate of drug-likeness (QED) is 0.895. The van der Waals surface area contributed by atoms with Crippen molar-refractivity contribution in [3.63, 3.8) is 0 Å². The normalized spacial score (nSPS) is 19.9. The lowest BCUT2D eigenvalue weighted by Gasteiger charge is -2.29. The lowest BCUT2D eigenvalue weighted by Crippen LogP contribution is -2.37. The first-order chi connectivity index (χ1) is 9.11. The summed E-state index contributed by atoms with van der Waals surface area (Å²) in [5.74, 6) is 0. The molecule has 4 heteroatoms. The molecule has 0 saturated carbocycles. The number of nitrogens with one attached hydrogen (secondary N) is 1. The molecule has 1 atom stereocenters. The molecule has 1 fully saturated rings. The molecule has 1 aromatic carbocycles. The Morgan fingerprint density at radius 2 is 2.26 bits per heavy atom. The zero-order chi connectivity index (χ0) is 13.8. The maximum absolute atomic E-state index is 6.10.